The minimum Gasteiger partial charge on any atom is -0.356 e. The maximum absolute atomic E-state index is 12.8. The van der Waals surface area contributed by atoms with Crippen molar-refractivity contribution in [2.45, 2.75) is 32.5 Å². The van der Waals surface area contributed by atoms with E-state index in [-0.39, 0.29) is 18.4 Å². The van der Waals surface area contributed by atoms with Gasteiger partial charge in [0.05, 0.1) is 11.6 Å². The van der Waals surface area contributed by atoms with Gasteiger partial charge in [0.2, 0.25) is 5.91 Å². The third kappa shape index (κ3) is 6.11. The normalized spacial score (nSPS) is 12.7. The molecule has 4 rings (SSSR count). The molecule has 2 atom stereocenters. The molecule has 0 spiro atoms. The summed E-state index contributed by atoms with van der Waals surface area (Å²) in [6.07, 6.45) is 1.36. The Kier molecular flexibility index (Phi) is 7.87. The summed E-state index contributed by atoms with van der Waals surface area (Å²) in [4.78, 5) is 17.4. The van der Waals surface area contributed by atoms with Crippen LogP contribution in [0.1, 0.15) is 37.5 Å². The lowest BCUT2D eigenvalue weighted by Gasteiger charge is -2.26. The first kappa shape index (κ1) is 24.1. The predicted octanol–water partition coefficient (Wildman–Crippen LogP) is 6.06. The molecule has 5 heteroatoms. The number of carbonyl (C=O) groups excluding carboxylic acids is 1. The van der Waals surface area contributed by atoms with Crippen LogP contribution in [-0.2, 0) is 9.53 Å². The molecule has 176 valence electrons. The van der Waals surface area contributed by atoms with Crippen molar-refractivity contribution in [3.63, 3.8) is 0 Å². The Morgan fingerprint density at radius 3 is 2.34 bits per heavy atom. The number of pyridine rings is 1. The molecule has 0 saturated carbocycles. The molecule has 0 saturated heterocycles. The lowest BCUT2D eigenvalue weighted by molar-refractivity contribution is -0.136. The van der Waals surface area contributed by atoms with Gasteiger partial charge in [-0.25, -0.2) is 0 Å². The summed E-state index contributed by atoms with van der Waals surface area (Å²) in [5.74, 6) is -0.00734. The number of rotatable bonds is 9. The summed E-state index contributed by atoms with van der Waals surface area (Å²) in [7, 11) is 0. The van der Waals surface area contributed by atoms with Crippen molar-refractivity contribution in [2.24, 2.45) is 5.92 Å². The monoisotopic (exact) mass is 463 g/mol. The molecule has 1 aromatic heterocycles. The number of nitriles is 1. The van der Waals surface area contributed by atoms with E-state index >= 15 is 0 Å². The molecule has 0 aliphatic carbocycles. The van der Waals surface area contributed by atoms with Gasteiger partial charge in [-0.05, 0) is 41.2 Å². The van der Waals surface area contributed by atoms with Gasteiger partial charge in [-0.3, -0.25) is 9.78 Å². The van der Waals surface area contributed by atoms with Crippen LogP contribution in [0.25, 0.3) is 22.0 Å². The number of para-hydroxylation sites is 1. The smallest absolute Gasteiger partial charge is 0.250 e. The molecule has 5 nitrogen and oxygen atoms in total. The summed E-state index contributed by atoms with van der Waals surface area (Å²) in [5.41, 5.74) is 4.99. The highest BCUT2D eigenvalue weighted by molar-refractivity contribution is 5.83. The van der Waals surface area contributed by atoms with E-state index in [0.29, 0.717) is 6.42 Å². The van der Waals surface area contributed by atoms with Crippen LogP contribution >= 0.6 is 0 Å². The number of amides is 1. The van der Waals surface area contributed by atoms with Gasteiger partial charge in [0.1, 0.15) is 18.8 Å². The van der Waals surface area contributed by atoms with Crippen LogP contribution < -0.4 is 5.32 Å². The fraction of sp³-hybridized carbons (Fsp3) is 0.233. The highest BCUT2D eigenvalue weighted by Crippen LogP contribution is 2.31. The average Bonchev–Trinajstić information content (AvgIpc) is 2.89. The molecule has 35 heavy (non-hydrogen) atoms. The number of benzene rings is 3. The van der Waals surface area contributed by atoms with E-state index in [1.54, 1.807) is 0 Å². The summed E-state index contributed by atoms with van der Waals surface area (Å²) in [5, 5.41) is 12.6. The van der Waals surface area contributed by atoms with Gasteiger partial charge in [-0.2, -0.15) is 5.26 Å². The van der Waals surface area contributed by atoms with Crippen LogP contribution in [0.3, 0.4) is 0 Å². The predicted molar refractivity (Wildman–Crippen MR) is 138 cm³/mol. The molecule has 0 bridgehead atoms. The Morgan fingerprint density at radius 2 is 1.63 bits per heavy atom. The van der Waals surface area contributed by atoms with Crippen LogP contribution in [0, 0.1) is 17.2 Å². The second kappa shape index (κ2) is 11.4. The lowest BCUT2D eigenvalue weighted by atomic mass is 9.97. The Labute approximate surface area is 206 Å². The minimum absolute atomic E-state index is 0.0404. The van der Waals surface area contributed by atoms with E-state index in [1.807, 2.05) is 72.9 Å². The molecule has 0 radical (unpaired) electrons. The molecule has 1 N–H and O–H groups in total. The first-order valence-electron chi connectivity index (χ1n) is 11.9. The number of hydrogen-bond acceptors (Lipinski definition) is 4. The molecule has 0 fully saturated rings. The van der Waals surface area contributed by atoms with Gasteiger partial charge in [0.25, 0.3) is 0 Å². The SMILES string of the molecule is CC(C)C[C@H](O[C@H](c1ccccc1)c1ccc(-c2cnc3ccccc3c2)cc1)C(=O)NCC#N. The topological polar surface area (TPSA) is 75.0 Å². The van der Waals surface area contributed by atoms with Crippen molar-refractivity contribution in [3.8, 4) is 17.2 Å². The van der Waals surface area contributed by atoms with Crippen molar-refractivity contribution >= 4 is 16.8 Å². The Balaban J connectivity index is 1.64. The first-order valence-corrected chi connectivity index (χ1v) is 11.9. The fourth-order valence-corrected chi connectivity index (χ4v) is 4.11. The number of fused-ring (bicyclic) bond motifs is 1. The van der Waals surface area contributed by atoms with E-state index in [2.05, 4.69) is 48.4 Å². The number of nitrogens with one attached hydrogen (secondary N) is 1. The van der Waals surface area contributed by atoms with E-state index in [1.165, 1.54) is 0 Å². The van der Waals surface area contributed by atoms with Gasteiger partial charge in [0, 0.05) is 17.1 Å². The Bertz CT molecular complexity index is 1310. The Hall–Kier alpha value is -4.01. The summed E-state index contributed by atoms with van der Waals surface area (Å²) in [6, 6.07) is 30.3. The molecule has 1 heterocycles. The number of hydrogen-bond donors (Lipinski definition) is 1. The van der Waals surface area contributed by atoms with Gasteiger partial charge in [-0.1, -0.05) is 86.6 Å². The quantitative estimate of drug-likeness (QED) is 0.306. The first-order chi connectivity index (χ1) is 17.0. The molecule has 0 aliphatic rings. The maximum atomic E-state index is 12.8. The number of ether oxygens (including phenoxy) is 1. The average molecular weight is 464 g/mol. The molecule has 0 unspecified atom stereocenters. The third-order valence-electron chi connectivity index (χ3n) is 5.86. The van der Waals surface area contributed by atoms with Crippen LogP contribution in [0.5, 0.6) is 0 Å². The maximum Gasteiger partial charge on any atom is 0.250 e. The van der Waals surface area contributed by atoms with E-state index in [0.717, 1.165) is 33.2 Å². The second-order valence-corrected chi connectivity index (χ2v) is 8.96. The number of aromatic nitrogens is 1. The van der Waals surface area contributed by atoms with E-state index < -0.39 is 12.2 Å². The zero-order valence-electron chi connectivity index (χ0n) is 20.0. The molecule has 3 aromatic carbocycles. The second-order valence-electron chi connectivity index (χ2n) is 8.96. The standard InChI is InChI=1S/C30H29N3O2/c1-21(2)18-28(30(34)32-17-16-31)35-29(23-8-4-3-5-9-23)24-14-12-22(13-15-24)26-19-25-10-6-7-11-27(25)33-20-26/h3-15,19-21,28-29H,17-18H2,1-2H3,(H,32,34)/t28-,29+/m0/s1. The molecule has 0 aliphatic heterocycles. The van der Waals surface area contributed by atoms with Crippen LogP contribution in [-0.4, -0.2) is 23.5 Å². The van der Waals surface area contributed by atoms with Gasteiger partial charge < -0.3 is 10.1 Å². The van der Waals surface area contributed by atoms with Crippen molar-refractivity contribution in [1.29, 1.82) is 5.26 Å². The number of carbonyl (C=O) groups is 1. The highest BCUT2D eigenvalue weighted by atomic mass is 16.5. The number of nitrogens with zero attached hydrogens (tertiary/aromatic N) is 2. The van der Waals surface area contributed by atoms with Crippen molar-refractivity contribution in [2.75, 3.05) is 6.54 Å². The molecular weight excluding hydrogens is 434 g/mol. The molecule has 4 aromatic rings. The summed E-state index contributed by atoms with van der Waals surface area (Å²) >= 11 is 0. The van der Waals surface area contributed by atoms with Gasteiger partial charge in [-0.15, -0.1) is 0 Å². The Morgan fingerprint density at radius 1 is 0.943 bits per heavy atom. The van der Waals surface area contributed by atoms with E-state index in [9.17, 15) is 4.79 Å². The third-order valence-corrected chi connectivity index (χ3v) is 5.86. The van der Waals surface area contributed by atoms with Crippen molar-refractivity contribution < 1.29 is 9.53 Å². The summed E-state index contributed by atoms with van der Waals surface area (Å²) in [6.45, 7) is 4.07. The fourth-order valence-electron chi connectivity index (χ4n) is 4.11. The molecule has 1 amide bonds. The zero-order chi connectivity index (χ0) is 24.6. The van der Waals surface area contributed by atoms with Gasteiger partial charge >= 0.3 is 0 Å². The zero-order valence-corrected chi connectivity index (χ0v) is 20.0. The van der Waals surface area contributed by atoms with Gasteiger partial charge in [0.15, 0.2) is 0 Å². The summed E-state index contributed by atoms with van der Waals surface area (Å²) < 4.78 is 6.46. The largest absolute Gasteiger partial charge is 0.356 e. The molecular formula is C30H29N3O2. The van der Waals surface area contributed by atoms with Crippen molar-refractivity contribution in [3.05, 3.63) is 102 Å². The van der Waals surface area contributed by atoms with Crippen LogP contribution in [0.15, 0.2) is 91.1 Å². The van der Waals surface area contributed by atoms with E-state index in [4.69, 9.17) is 10.00 Å². The minimum atomic E-state index is -0.669. The van der Waals surface area contributed by atoms with Crippen molar-refractivity contribution in [1.82, 2.24) is 10.3 Å². The lowest BCUT2D eigenvalue weighted by Crippen LogP contribution is -2.38. The van der Waals surface area contributed by atoms with Crippen LogP contribution in [0.4, 0.5) is 0 Å². The highest BCUT2D eigenvalue weighted by Gasteiger charge is 2.26. The van der Waals surface area contributed by atoms with Crippen LogP contribution in [0.2, 0.25) is 0 Å².